The van der Waals surface area contributed by atoms with E-state index in [9.17, 15) is 4.79 Å². The van der Waals surface area contributed by atoms with E-state index in [1.54, 1.807) is 18.6 Å². The molecule has 21 heavy (non-hydrogen) atoms. The molecule has 0 radical (unpaired) electrons. The number of hydrogen-bond donors (Lipinski definition) is 2. The molecule has 3 aromatic heterocycles. The predicted molar refractivity (Wildman–Crippen MR) is 85.5 cm³/mol. The van der Waals surface area contributed by atoms with Gasteiger partial charge in [-0.25, -0.2) is 4.98 Å². The van der Waals surface area contributed by atoms with Gasteiger partial charge < -0.3 is 9.97 Å². The Labute approximate surface area is 128 Å². The number of para-hydroxylation sites is 1. The highest BCUT2D eigenvalue weighted by atomic mass is 79.9. The minimum atomic E-state index is -0.0152. The fourth-order valence-electron chi connectivity index (χ4n) is 2.57. The molecule has 0 saturated carbocycles. The number of rotatable bonds is 2. The summed E-state index contributed by atoms with van der Waals surface area (Å²) in [6.07, 6.45) is 5.18. The topological polar surface area (TPSA) is 61.5 Å². The van der Waals surface area contributed by atoms with Gasteiger partial charge in [0.1, 0.15) is 5.65 Å². The first-order valence-electron chi connectivity index (χ1n) is 6.47. The number of carbonyl (C=O) groups is 1. The molecule has 4 aromatic rings. The zero-order chi connectivity index (χ0) is 14.4. The van der Waals surface area contributed by atoms with Crippen LogP contribution in [0.3, 0.4) is 0 Å². The molecular formula is C16H10BrN3O. The average molecular weight is 340 g/mol. The summed E-state index contributed by atoms with van der Waals surface area (Å²) in [4.78, 5) is 23.3. The number of benzene rings is 1. The number of aromatic nitrogens is 3. The van der Waals surface area contributed by atoms with E-state index in [1.165, 1.54) is 0 Å². The number of hydrogen-bond acceptors (Lipinski definition) is 2. The van der Waals surface area contributed by atoms with Gasteiger partial charge in [-0.1, -0.05) is 18.2 Å². The van der Waals surface area contributed by atoms with Gasteiger partial charge in [-0.15, -0.1) is 0 Å². The molecule has 4 rings (SSSR count). The summed E-state index contributed by atoms with van der Waals surface area (Å²) in [5.41, 5.74) is 2.97. The quantitative estimate of drug-likeness (QED) is 0.541. The molecule has 0 aliphatic heterocycles. The van der Waals surface area contributed by atoms with Gasteiger partial charge in [0.05, 0.1) is 0 Å². The van der Waals surface area contributed by atoms with Crippen molar-refractivity contribution in [1.82, 2.24) is 15.0 Å². The van der Waals surface area contributed by atoms with Crippen LogP contribution < -0.4 is 0 Å². The van der Waals surface area contributed by atoms with Gasteiger partial charge >= 0.3 is 0 Å². The predicted octanol–water partition coefficient (Wildman–Crippen LogP) is 4.04. The van der Waals surface area contributed by atoms with Crippen LogP contribution in [0.4, 0.5) is 0 Å². The Kier molecular flexibility index (Phi) is 2.68. The summed E-state index contributed by atoms with van der Waals surface area (Å²) in [6, 6.07) is 9.68. The van der Waals surface area contributed by atoms with Crippen LogP contribution in [-0.2, 0) is 0 Å². The highest BCUT2D eigenvalue weighted by Crippen LogP contribution is 2.26. The maximum Gasteiger partial charge on any atom is 0.197 e. The molecule has 0 bridgehead atoms. The zero-order valence-electron chi connectivity index (χ0n) is 10.9. The smallest absolute Gasteiger partial charge is 0.197 e. The summed E-state index contributed by atoms with van der Waals surface area (Å²) in [7, 11) is 0. The lowest BCUT2D eigenvalue weighted by Crippen LogP contribution is -1.99. The normalized spacial score (nSPS) is 11.3. The molecule has 5 heteroatoms. The molecule has 0 fully saturated rings. The lowest BCUT2D eigenvalue weighted by molar-refractivity contribution is 0.104. The summed E-state index contributed by atoms with van der Waals surface area (Å²) in [6.45, 7) is 0. The van der Waals surface area contributed by atoms with E-state index in [0.29, 0.717) is 16.8 Å². The number of pyridine rings is 1. The second-order valence-electron chi connectivity index (χ2n) is 4.83. The Morgan fingerprint density at radius 2 is 1.81 bits per heavy atom. The number of fused-ring (bicyclic) bond motifs is 2. The van der Waals surface area contributed by atoms with Gasteiger partial charge in [-0.05, 0) is 28.1 Å². The minimum absolute atomic E-state index is 0.0152. The zero-order valence-corrected chi connectivity index (χ0v) is 12.4. The molecular weight excluding hydrogens is 330 g/mol. The van der Waals surface area contributed by atoms with Crippen molar-refractivity contribution < 1.29 is 4.79 Å². The van der Waals surface area contributed by atoms with Crippen molar-refractivity contribution in [1.29, 1.82) is 0 Å². The number of ketones is 1. The largest absolute Gasteiger partial charge is 0.360 e. The van der Waals surface area contributed by atoms with Gasteiger partial charge in [-0.2, -0.15) is 0 Å². The molecule has 102 valence electrons. The number of nitrogens with one attached hydrogen (secondary N) is 2. The monoisotopic (exact) mass is 339 g/mol. The third kappa shape index (κ3) is 1.89. The number of nitrogens with zero attached hydrogens (tertiary/aromatic N) is 1. The van der Waals surface area contributed by atoms with Crippen LogP contribution in [-0.4, -0.2) is 20.7 Å². The van der Waals surface area contributed by atoms with Crippen molar-refractivity contribution in [3.05, 3.63) is 64.5 Å². The Balaban J connectivity index is 1.92. The van der Waals surface area contributed by atoms with E-state index in [2.05, 4.69) is 30.9 Å². The molecule has 0 unspecified atom stereocenters. The first kappa shape index (κ1) is 12.3. The number of carbonyl (C=O) groups excluding carboxylic acids is 1. The third-order valence-electron chi connectivity index (χ3n) is 3.58. The lowest BCUT2D eigenvalue weighted by Gasteiger charge is -1.98. The van der Waals surface area contributed by atoms with Crippen LogP contribution in [0.1, 0.15) is 15.9 Å². The van der Waals surface area contributed by atoms with E-state index in [0.717, 1.165) is 20.8 Å². The summed E-state index contributed by atoms with van der Waals surface area (Å²) in [5.74, 6) is -0.0152. The first-order chi connectivity index (χ1) is 10.2. The van der Waals surface area contributed by atoms with Crippen LogP contribution in [0.5, 0.6) is 0 Å². The van der Waals surface area contributed by atoms with Gasteiger partial charge in [0, 0.05) is 50.5 Å². The summed E-state index contributed by atoms with van der Waals surface area (Å²) < 4.78 is 0.850. The van der Waals surface area contributed by atoms with Crippen molar-refractivity contribution in [3.8, 4) is 0 Å². The second-order valence-corrected chi connectivity index (χ2v) is 5.74. The van der Waals surface area contributed by atoms with Gasteiger partial charge in [0.15, 0.2) is 5.78 Å². The summed E-state index contributed by atoms with van der Waals surface area (Å²) >= 11 is 3.40. The van der Waals surface area contributed by atoms with Crippen molar-refractivity contribution in [2.45, 2.75) is 0 Å². The molecule has 0 aliphatic carbocycles. The van der Waals surface area contributed by atoms with Crippen LogP contribution in [0.2, 0.25) is 0 Å². The molecule has 0 aliphatic rings. The molecule has 4 nitrogen and oxygen atoms in total. The molecule has 0 saturated heterocycles. The highest BCUT2D eigenvalue weighted by Gasteiger charge is 2.18. The van der Waals surface area contributed by atoms with Crippen molar-refractivity contribution in [3.63, 3.8) is 0 Å². The number of H-pyrrole nitrogens is 2. The van der Waals surface area contributed by atoms with E-state index in [4.69, 9.17) is 0 Å². The molecule has 3 heterocycles. The standard InChI is InChI=1S/C16H10BrN3O/c17-9-5-11-13(8-20-16(11)19-6-9)15(21)12-7-18-14-4-2-1-3-10(12)14/h1-8,18H,(H,19,20). The Morgan fingerprint density at radius 1 is 1.05 bits per heavy atom. The third-order valence-corrected chi connectivity index (χ3v) is 4.01. The SMILES string of the molecule is O=C(c1c[nH]c2ccccc12)c1c[nH]c2ncc(Br)cc12. The van der Waals surface area contributed by atoms with E-state index < -0.39 is 0 Å². The van der Waals surface area contributed by atoms with Crippen LogP contribution in [0.25, 0.3) is 21.9 Å². The summed E-state index contributed by atoms with van der Waals surface area (Å²) in [5, 5.41) is 1.75. The van der Waals surface area contributed by atoms with E-state index in [1.807, 2.05) is 30.3 Å². The fraction of sp³-hybridized carbons (Fsp3) is 0. The molecule has 2 N–H and O–H groups in total. The molecule has 0 amide bonds. The Morgan fingerprint density at radius 3 is 2.71 bits per heavy atom. The molecule has 1 aromatic carbocycles. The maximum atomic E-state index is 12.8. The minimum Gasteiger partial charge on any atom is -0.360 e. The lowest BCUT2D eigenvalue weighted by atomic mass is 10.0. The number of aromatic amines is 2. The molecule has 0 spiro atoms. The van der Waals surface area contributed by atoms with Crippen molar-refractivity contribution >= 4 is 43.6 Å². The van der Waals surface area contributed by atoms with Gasteiger partial charge in [0.2, 0.25) is 0 Å². The first-order valence-corrected chi connectivity index (χ1v) is 7.27. The van der Waals surface area contributed by atoms with E-state index >= 15 is 0 Å². The highest BCUT2D eigenvalue weighted by molar-refractivity contribution is 9.10. The Hall–Kier alpha value is -2.40. The van der Waals surface area contributed by atoms with Gasteiger partial charge in [0.25, 0.3) is 0 Å². The number of halogens is 1. The fourth-order valence-corrected chi connectivity index (χ4v) is 2.90. The average Bonchev–Trinajstić information content (AvgIpc) is 3.10. The van der Waals surface area contributed by atoms with Crippen LogP contribution in [0, 0.1) is 0 Å². The Bertz CT molecular complexity index is 983. The van der Waals surface area contributed by atoms with Gasteiger partial charge in [-0.3, -0.25) is 4.79 Å². The van der Waals surface area contributed by atoms with E-state index in [-0.39, 0.29) is 5.78 Å². The van der Waals surface area contributed by atoms with Crippen LogP contribution in [0.15, 0.2) is 53.4 Å². The second kappa shape index (κ2) is 4.56. The molecule has 0 atom stereocenters. The van der Waals surface area contributed by atoms with Crippen LogP contribution >= 0.6 is 15.9 Å². The maximum absolute atomic E-state index is 12.8. The van der Waals surface area contributed by atoms with Crippen molar-refractivity contribution in [2.24, 2.45) is 0 Å². The van der Waals surface area contributed by atoms with Crippen molar-refractivity contribution in [2.75, 3.05) is 0 Å².